The van der Waals surface area contributed by atoms with Crippen LogP contribution >= 0.6 is 0 Å². The number of carbonyl (C=O) groups excluding carboxylic acids is 2. The number of amides is 3. The van der Waals surface area contributed by atoms with E-state index in [4.69, 9.17) is 4.74 Å². The van der Waals surface area contributed by atoms with Crippen molar-refractivity contribution >= 4 is 17.8 Å². The zero-order valence-electron chi connectivity index (χ0n) is 15.0. The van der Waals surface area contributed by atoms with Crippen LogP contribution in [0.25, 0.3) is 0 Å². The van der Waals surface area contributed by atoms with E-state index < -0.39 is 17.5 Å². The number of alkyl carbamates (subject to hydrolysis) is 1. The summed E-state index contributed by atoms with van der Waals surface area (Å²) in [5, 5.41) is 5.46. The summed E-state index contributed by atoms with van der Waals surface area (Å²) in [7, 11) is 0. The van der Waals surface area contributed by atoms with Gasteiger partial charge in [-0.1, -0.05) is 6.07 Å². The van der Waals surface area contributed by atoms with Gasteiger partial charge in [0.1, 0.15) is 11.4 Å². The lowest BCUT2D eigenvalue weighted by Crippen LogP contribution is -2.45. The molecule has 1 aromatic carbocycles. The zero-order valence-corrected chi connectivity index (χ0v) is 15.0. The lowest BCUT2D eigenvalue weighted by molar-refractivity contribution is 0.0512. The summed E-state index contributed by atoms with van der Waals surface area (Å²) < 4.78 is 18.4. The van der Waals surface area contributed by atoms with Gasteiger partial charge < -0.3 is 20.3 Å². The van der Waals surface area contributed by atoms with E-state index in [-0.39, 0.29) is 11.9 Å². The summed E-state index contributed by atoms with van der Waals surface area (Å²) in [5.74, 6) is -0.226. The largest absolute Gasteiger partial charge is 0.444 e. The Kier molecular flexibility index (Phi) is 6.22. The number of anilines is 1. The summed E-state index contributed by atoms with van der Waals surface area (Å²) in [6, 6.07) is 5.55. The quantitative estimate of drug-likeness (QED) is 0.874. The molecule has 1 aliphatic heterocycles. The minimum Gasteiger partial charge on any atom is -0.444 e. The fourth-order valence-corrected chi connectivity index (χ4v) is 2.73. The predicted octanol–water partition coefficient (Wildman–Crippen LogP) is 3.59. The van der Waals surface area contributed by atoms with Crippen LogP contribution in [0.4, 0.5) is 19.7 Å². The Morgan fingerprint density at radius 3 is 2.80 bits per heavy atom. The van der Waals surface area contributed by atoms with E-state index in [1.54, 1.807) is 17.0 Å². The number of hydrogen-bond donors (Lipinski definition) is 2. The fourth-order valence-electron chi connectivity index (χ4n) is 2.73. The van der Waals surface area contributed by atoms with E-state index in [0.717, 1.165) is 12.8 Å². The van der Waals surface area contributed by atoms with Crippen molar-refractivity contribution < 1.29 is 18.7 Å². The minimum atomic E-state index is -0.534. The number of urea groups is 1. The van der Waals surface area contributed by atoms with Gasteiger partial charge in [0.15, 0.2) is 0 Å². The Morgan fingerprint density at radius 2 is 2.12 bits per heavy atom. The molecule has 25 heavy (non-hydrogen) atoms. The van der Waals surface area contributed by atoms with Gasteiger partial charge in [0, 0.05) is 25.3 Å². The third-order valence-corrected chi connectivity index (χ3v) is 3.82. The maximum atomic E-state index is 13.2. The molecule has 0 radical (unpaired) electrons. The molecule has 1 aromatic rings. The van der Waals surface area contributed by atoms with Crippen LogP contribution in [0.5, 0.6) is 0 Å². The van der Waals surface area contributed by atoms with Crippen LogP contribution in [0, 0.1) is 11.7 Å². The fraction of sp³-hybridized carbons (Fsp3) is 0.556. The molecule has 1 aliphatic rings. The Bertz CT molecular complexity index is 616. The number of likely N-dealkylation sites (tertiary alicyclic amines) is 1. The third kappa shape index (κ3) is 6.60. The molecule has 3 amide bonds. The molecule has 0 saturated carbocycles. The molecule has 1 heterocycles. The number of nitrogens with zero attached hydrogens (tertiary/aromatic N) is 1. The molecule has 1 atom stereocenters. The standard InChI is InChI=1S/C18H26FN3O3/c1-18(2,3)25-17(24)20-11-13-6-5-9-22(12-13)16(23)21-15-8-4-7-14(19)10-15/h4,7-8,10,13H,5-6,9,11-12H2,1-3H3,(H,20,24)(H,21,23). The van der Waals surface area contributed by atoms with Gasteiger partial charge in [-0.05, 0) is 57.7 Å². The number of nitrogens with one attached hydrogen (secondary N) is 2. The van der Waals surface area contributed by atoms with E-state index in [1.807, 2.05) is 20.8 Å². The molecule has 1 fully saturated rings. The maximum Gasteiger partial charge on any atom is 0.407 e. The molecular formula is C18H26FN3O3. The highest BCUT2D eigenvalue weighted by Crippen LogP contribution is 2.18. The molecule has 0 spiro atoms. The monoisotopic (exact) mass is 351 g/mol. The number of hydrogen-bond acceptors (Lipinski definition) is 3. The first-order valence-electron chi connectivity index (χ1n) is 8.51. The first-order chi connectivity index (χ1) is 11.7. The number of carbonyl (C=O) groups is 2. The first kappa shape index (κ1) is 19.0. The van der Waals surface area contributed by atoms with Crippen molar-refractivity contribution in [2.24, 2.45) is 5.92 Å². The first-order valence-corrected chi connectivity index (χ1v) is 8.51. The van der Waals surface area contributed by atoms with E-state index in [1.165, 1.54) is 12.1 Å². The molecular weight excluding hydrogens is 325 g/mol. The van der Waals surface area contributed by atoms with E-state index >= 15 is 0 Å². The number of ether oxygens (including phenoxy) is 1. The highest BCUT2D eigenvalue weighted by molar-refractivity contribution is 5.89. The van der Waals surface area contributed by atoms with Gasteiger partial charge in [-0.3, -0.25) is 0 Å². The zero-order chi connectivity index (χ0) is 18.4. The lowest BCUT2D eigenvalue weighted by atomic mass is 9.98. The van der Waals surface area contributed by atoms with Crippen LogP contribution in [0.2, 0.25) is 0 Å². The van der Waals surface area contributed by atoms with Crippen molar-refractivity contribution in [1.82, 2.24) is 10.2 Å². The van der Waals surface area contributed by atoms with Gasteiger partial charge in [0.2, 0.25) is 0 Å². The Hall–Kier alpha value is -2.31. The van der Waals surface area contributed by atoms with Crippen LogP contribution in [0.15, 0.2) is 24.3 Å². The average Bonchev–Trinajstić information content (AvgIpc) is 2.51. The molecule has 0 aromatic heterocycles. The van der Waals surface area contributed by atoms with E-state index in [2.05, 4.69) is 10.6 Å². The molecule has 2 N–H and O–H groups in total. The van der Waals surface area contributed by atoms with Crippen LogP contribution in [0.3, 0.4) is 0 Å². The SMILES string of the molecule is CC(C)(C)OC(=O)NCC1CCCN(C(=O)Nc2cccc(F)c2)C1. The van der Waals surface area contributed by atoms with Crippen molar-refractivity contribution in [1.29, 1.82) is 0 Å². The van der Waals surface area contributed by atoms with Crippen LogP contribution in [0.1, 0.15) is 33.6 Å². The van der Waals surface area contributed by atoms with Crippen molar-refractivity contribution in [3.05, 3.63) is 30.1 Å². The highest BCUT2D eigenvalue weighted by atomic mass is 19.1. The van der Waals surface area contributed by atoms with Gasteiger partial charge >= 0.3 is 12.1 Å². The number of rotatable bonds is 3. The topological polar surface area (TPSA) is 70.7 Å². The minimum absolute atomic E-state index is 0.166. The van der Waals surface area contributed by atoms with Crippen LogP contribution in [-0.4, -0.2) is 42.3 Å². The summed E-state index contributed by atoms with van der Waals surface area (Å²) in [6.45, 7) is 7.07. The molecule has 2 rings (SSSR count). The summed E-state index contributed by atoms with van der Waals surface area (Å²) in [4.78, 5) is 25.7. The van der Waals surface area contributed by atoms with Crippen molar-refractivity contribution in [2.45, 2.75) is 39.2 Å². The van der Waals surface area contributed by atoms with Gasteiger partial charge in [-0.2, -0.15) is 0 Å². The number of piperidine rings is 1. The van der Waals surface area contributed by atoms with Crippen molar-refractivity contribution in [2.75, 3.05) is 25.0 Å². The second-order valence-electron chi connectivity index (χ2n) is 7.28. The Morgan fingerprint density at radius 1 is 1.36 bits per heavy atom. The van der Waals surface area contributed by atoms with Crippen LogP contribution < -0.4 is 10.6 Å². The smallest absolute Gasteiger partial charge is 0.407 e. The summed E-state index contributed by atoms with van der Waals surface area (Å²) in [5.41, 5.74) is -0.105. The molecule has 7 heteroatoms. The third-order valence-electron chi connectivity index (χ3n) is 3.82. The summed E-state index contributed by atoms with van der Waals surface area (Å²) in [6.07, 6.45) is 1.34. The Balaban J connectivity index is 1.81. The van der Waals surface area contributed by atoms with E-state index in [0.29, 0.717) is 25.3 Å². The number of benzene rings is 1. The summed E-state index contributed by atoms with van der Waals surface area (Å²) >= 11 is 0. The highest BCUT2D eigenvalue weighted by Gasteiger charge is 2.25. The lowest BCUT2D eigenvalue weighted by Gasteiger charge is -2.33. The molecule has 1 unspecified atom stereocenters. The van der Waals surface area contributed by atoms with Gasteiger partial charge in [0.05, 0.1) is 0 Å². The second kappa shape index (κ2) is 8.18. The molecule has 0 bridgehead atoms. The Labute approximate surface area is 147 Å². The normalized spacial score (nSPS) is 17.8. The average molecular weight is 351 g/mol. The number of halogens is 1. The van der Waals surface area contributed by atoms with Gasteiger partial charge in [-0.25, -0.2) is 14.0 Å². The molecule has 138 valence electrons. The second-order valence-corrected chi connectivity index (χ2v) is 7.28. The molecule has 6 nitrogen and oxygen atoms in total. The van der Waals surface area contributed by atoms with Crippen LogP contribution in [-0.2, 0) is 4.74 Å². The molecule has 1 saturated heterocycles. The predicted molar refractivity (Wildman–Crippen MR) is 94.0 cm³/mol. The van der Waals surface area contributed by atoms with Crippen molar-refractivity contribution in [3.8, 4) is 0 Å². The van der Waals surface area contributed by atoms with Gasteiger partial charge in [0.25, 0.3) is 0 Å². The maximum absolute atomic E-state index is 13.2. The van der Waals surface area contributed by atoms with Gasteiger partial charge in [-0.15, -0.1) is 0 Å². The molecule has 0 aliphatic carbocycles. The van der Waals surface area contributed by atoms with Crippen molar-refractivity contribution in [3.63, 3.8) is 0 Å². The van der Waals surface area contributed by atoms with E-state index in [9.17, 15) is 14.0 Å².